The van der Waals surface area contributed by atoms with E-state index in [1.54, 1.807) is 6.20 Å². The van der Waals surface area contributed by atoms with Crippen molar-refractivity contribution in [3.8, 4) is 0 Å². The van der Waals surface area contributed by atoms with Crippen LogP contribution in [-0.4, -0.2) is 23.6 Å². The van der Waals surface area contributed by atoms with E-state index < -0.39 is 0 Å². The van der Waals surface area contributed by atoms with Crippen molar-refractivity contribution in [3.63, 3.8) is 0 Å². The van der Waals surface area contributed by atoms with Crippen molar-refractivity contribution in [2.24, 2.45) is 0 Å². The Labute approximate surface area is 117 Å². The van der Waals surface area contributed by atoms with E-state index >= 15 is 0 Å². The fourth-order valence-corrected chi connectivity index (χ4v) is 1.98. The smallest absolute Gasteiger partial charge is 0.224 e. The summed E-state index contributed by atoms with van der Waals surface area (Å²) in [4.78, 5) is 10.4. The normalized spacial score (nSPS) is 10.5. The topological polar surface area (TPSA) is 54.2 Å². The lowest BCUT2D eigenvalue weighted by molar-refractivity contribution is 0.481. The molecule has 0 aliphatic heterocycles. The summed E-state index contributed by atoms with van der Waals surface area (Å²) >= 11 is 6.14. The standard InChI is InChI=1S/C13H17ClN4O/c1-4-15-13-16-7-11(14)12(17-13)18(3)8-10-6-5-9(2)19-10/h5-7H,4,8H2,1-3H3,(H,15,16,17). The predicted molar refractivity (Wildman–Crippen MR) is 76.8 cm³/mol. The van der Waals surface area contributed by atoms with Gasteiger partial charge in [-0.25, -0.2) is 4.98 Å². The quantitative estimate of drug-likeness (QED) is 0.912. The van der Waals surface area contributed by atoms with E-state index in [1.807, 2.05) is 37.9 Å². The summed E-state index contributed by atoms with van der Waals surface area (Å²) in [6, 6.07) is 3.89. The minimum atomic E-state index is 0.521. The Morgan fingerprint density at radius 3 is 2.84 bits per heavy atom. The molecule has 0 saturated heterocycles. The summed E-state index contributed by atoms with van der Waals surface area (Å²) in [5.74, 6) is 3.02. The van der Waals surface area contributed by atoms with Crippen molar-refractivity contribution in [3.05, 3.63) is 34.9 Å². The van der Waals surface area contributed by atoms with Crippen LogP contribution >= 0.6 is 11.6 Å². The van der Waals surface area contributed by atoms with Gasteiger partial charge in [-0.2, -0.15) is 4.98 Å². The molecule has 19 heavy (non-hydrogen) atoms. The Kier molecular flexibility index (Phi) is 4.27. The molecule has 0 amide bonds. The third kappa shape index (κ3) is 3.38. The van der Waals surface area contributed by atoms with E-state index in [-0.39, 0.29) is 0 Å². The van der Waals surface area contributed by atoms with Gasteiger partial charge in [0.2, 0.25) is 5.95 Å². The molecule has 2 rings (SSSR count). The Bertz CT molecular complexity index is 555. The van der Waals surface area contributed by atoms with Gasteiger partial charge < -0.3 is 14.6 Å². The van der Waals surface area contributed by atoms with Gasteiger partial charge in [-0.1, -0.05) is 11.6 Å². The molecule has 1 N–H and O–H groups in total. The second kappa shape index (κ2) is 5.93. The summed E-state index contributed by atoms with van der Waals surface area (Å²) < 4.78 is 5.55. The third-order valence-corrected chi connectivity index (χ3v) is 2.88. The van der Waals surface area contributed by atoms with Gasteiger partial charge in [0.05, 0.1) is 12.7 Å². The number of anilines is 2. The van der Waals surface area contributed by atoms with Crippen LogP contribution in [-0.2, 0) is 6.54 Å². The first-order valence-corrected chi connectivity index (χ1v) is 6.50. The Morgan fingerprint density at radius 1 is 1.42 bits per heavy atom. The van der Waals surface area contributed by atoms with E-state index in [4.69, 9.17) is 16.0 Å². The molecule has 5 nitrogen and oxygen atoms in total. The van der Waals surface area contributed by atoms with Gasteiger partial charge in [-0.3, -0.25) is 0 Å². The van der Waals surface area contributed by atoms with Crippen LogP contribution in [0.15, 0.2) is 22.7 Å². The average molecular weight is 281 g/mol. The molecular weight excluding hydrogens is 264 g/mol. The molecule has 102 valence electrons. The summed E-state index contributed by atoms with van der Waals surface area (Å²) in [7, 11) is 1.92. The maximum Gasteiger partial charge on any atom is 0.224 e. The summed E-state index contributed by atoms with van der Waals surface area (Å²) in [6.45, 7) is 5.29. The molecule has 0 saturated carbocycles. The average Bonchev–Trinajstić information content (AvgIpc) is 2.77. The lowest BCUT2D eigenvalue weighted by atomic mass is 10.4. The predicted octanol–water partition coefficient (Wildman–Crippen LogP) is 3.10. The lowest BCUT2D eigenvalue weighted by Gasteiger charge is -2.18. The van der Waals surface area contributed by atoms with Crippen LogP contribution in [0.2, 0.25) is 5.02 Å². The van der Waals surface area contributed by atoms with Gasteiger partial charge in [0.15, 0.2) is 5.82 Å². The number of aromatic nitrogens is 2. The van der Waals surface area contributed by atoms with Crippen molar-refractivity contribution in [1.29, 1.82) is 0 Å². The first-order chi connectivity index (χ1) is 9.10. The summed E-state index contributed by atoms with van der Waals surface area (Å²) in [5.41, 5.74) is 0. The lowest BCUT2D eigenvalue weighted by Crippen LogP contribution is -2.18. The zero-order valence-electron chi connectivity index (χ0n) is 11.3. The van der Waals surface area contributed by atoms with E-state index in [0.29, 0.717) is 23.3 Å². The molecule has 0 fully saturated rings. The number of nitrogens with one attached hydrogen (secondary N) is 1. The first kappa shape index (κ1) is 13.7. The van der Waals surface area contributed by atoms with Crippen LogP contribution in [0.25, 0.3) is 0 Å². The molecule has 2 heterocycles. The van der Waals surface area contributed by atoms with Crippen LogP contribution in [0.3, 0.4) is 0 Å². The maximum atomic E-state index is 6.14. The van der Waals surface area contributed by atoms with Crippen molar-refractivity contribution < 1.29 is 4.42 Å². The highest BCUT2D eigenvalue weighted by molar-refractivity contribution is 6.32. The van der Waals surface area contributed by atoms with Gasteiger partial charge in [0.1, 0.15) is 16.5 Å². The molecular formula is C13H17ClN4O. The molecule has 0 unspecified atom stereocenters. The maximum absolute atomic E-state index is 6.14. The van der Waals surface area contributed by atoms with Crippen LogP contribution < -0.4 is 10.2 Å². The zero-order valence-corrected chi connectivity index (χ0v) is 12.0. The van der Waals surface area contributed by atoms with E-state index in [0.717, 1.165) is 18.1 Å². The minimum Gasteiger partial charge on any atom is -0.464 e. The number of hydrogen-bond donors (Lipinski definition) is 1. The van der Waals surface area contributed by atoms with E-state index in [2.05, 4.69) is 15.3 Å². The Hall–Kier alpha value is -1.75. The molecule has 0 aliphatic rings. The summed E-state index contributed by atoms with van der Waals surface area (Å²) in [6.07, 6.45) is 1.60. The molecule has 6 heteroatoms. The number of nitrogens with zero attached hydrogens (tertiary/aromatic N) is 3. The monoisotopic (exact) mass is 280 g/mol. The fraction of sp³-hybridized carbons (Fsp3) is 0.385. The molecule has 2 aromatic heterocycles. The van der Waals surface area contributed by atoms with E-state index in [9.17, 15) is 0 Å². The van der Waals surface area contributed by atoms with Crippen molar-refractivity contribution in [1.82, 2.24) is 9.97 Å². The molecule has 2 aromatic rings. The van der Waals surface area contributed by atoms with Crippen molar-refractivity contribution in [2.45, 2.75) is 20.4 Å². The second-order valence-electron chi connectivity index (χ2n) is 4.26. The Balaban J connectivity index is 2.17. The highest BCUT2D eigenvalue weighted by atomic mass is 35.5. The number of aryl methyl sites for hydroxylation is 1. The fourth-order valence-electron chi connectivity index (χ4n) is 1.75. The van der Waals surface area contributed by atoms with Crippen LogP contribution in [0.1, 0.15) is 18.4 Å². The number of rotatable bonds is 5. The van der Waals surface area contributed by atoms with Crippen molar-refractivity contribution in [2.75, 3.05) is 23.8 Å². The van der Waals surface area contributed by atoms with Gasteiger partial charge in [0, 0.05) is 13.6 Å². The SMILES string of the molecule is CCNc1ncc(Cl)c(N(C)Cc2ccc(C)o2)n1. The van der Waals surface area contributed by atoms with Gasteiger partial charge >= 0.3 is 0 Å². The second-order valence-corrected chi connectivity index (χ2v) is 4.67. The molecule has 0 atom stereocenters. The molecule has 0 aromatic carbocycles. The first-order valence-electron chi connectivity index (χ1n) is 6.13. The number of furan rings is 1. The molecule has 0 aliphatic carbocycles. The molecule has 0 bridgehead atoms. The molecule has 0 radical (unpaired) electrons. The highest BCUT2D eigenvalue weighted by Gasteiger charge is 2.12. The highest BCUT2D eigenvalue weighted by Crippen LogP contribution is 2.24. The number of halogens is 1. The van der Waals surface area contributed by atoms with Crippen molar-refractivity contribution >= 4 is 23.4 Å². The Morgan fingerprint density at radius 2 is 2.21 bits per heavy atom. The van der Waals surface area contributed by atoms with Crippen LogP contribution in [0.5, 0.6) is 0 Å². The van der Waals surface area contributed by atoms with Crippen LogP contribution in [0, 0.1) is 6.92 Å². The van der Waals surface area contributed by atoms with Gasteiger partial charge in [-0.05, 0) is 26.0 Å². The van der Waals surface area contributed by atoms with Gasteiger partial charge in [-0.15, -0.1) is 0 Å². The summed E-state index contributed by atoms with van der Waals surface area (Å²) in [5, 5.41) is 3.59. The minimum absolute atomic E-state index is 0.521. The van der Waals surface area contributed by atoms with Gasteiger partial charge in [0.25, 0.3) is 0 Å². The third-order valence-electron chi connectivity index (χ3n) is 2.61. The number of hydrogen-bond acceptors (Lipinski definition) is 5. The zero-order chi connectivity index (χ0) is 13.8. The largest absolute Gasteiger partial charge is 0.464 e. The molecule has 0 spiro atoms. The van der Waals surface area contributed by atoms with Crippen LogP contribution in [0.4, 0.5) is 11.8 Å². The van der Waals surface area contributed by atoms with E-state index in [1.165, 1.54) is 0 Å².